The minimum Gasteiger partial charge on any atom is -0.478 e. The lowest BCUT2D eigenvalue weighted by atomic mass is 9.97. The molecule has 1 aliphatic rings. The van der Waals surface area contributed by atoms with Gasteiger partial charge < -0.3 is 9.84 Å². The smallest absolute Gasteiger partial charge is 0.328 e. The summed E-state index contributed by atoms with van der Waals surface area (Å²) in [6.45, 7) is 8.41. The maximum Gasteiger partial charge on any atom is 0.328 e. The minimum atomic E-state index is -0.855. The first-order valence-electron chi connectivity index (χ1n) is 7.67. The van der Waals surface area contributed by atoms with Gasteiger partial charge in [-0.2, -0.15) is 0 Å². The van der Waals surface area contributed by atoms with Crippen LogP contribution in [-0.2, 0) is 9.53 Å². The van der Waals surface area contributed by atoms with Crippen molar-refractivity contribution in [2.45, 2.75) is 77.9 Å². The molecule has 0 bridgehead atoms. The second-order valence-corrected chi connectivity index (χ2v) is 5.89. The van der Waals surface area contributed by atoms with E-state index in [2.05, 4.69) is 26.8 Å². The molecule has 114 valence electrons. The normalized spacial score (nSPS) is 26.7. The molecule has 0 spiro atoms. The Morgan fingerprint density at radius 3 is 2.55 bits per heavy atom. The lowest BCUT2D eigenvalue weighted by Crippen LogP contribution is -2.07. The molecule has 3 nitrogen and oxygen atoms in total. The summed E-state index contributed by atoms with van der Waals surface area (Å²) in [5.41, 5.74) is 2.51. The van der Waals surface area contributed by atoms with Gasteiger partial charge in [-0.05, 0) is 52.4 Å². The van der Waals surface area contributed by atoms with Gasteiger partial charge in [-0.1, -0.05) is 31.1 Å². The van der Waals surface area contributed by atoms with Crippen LogP contribution in [0.15, 0.2) is 23.3 Å². The van der Waals surface area contributed by atoms with Gasteiger partial charge in [-0.15, -0.1) is 0 Å². The lowest BCUT2D eigenvalue weighted by molar-refractivity contribution is -0.131. The van der Waals surface area contributed by atoms with Crippen molar-refractivity contribution in [1.82, 2.24) is 0 Å². The molecule has 1 heterocycles. The fraction of sp³-hybridized carbons (Fsp3) is 0.706. The average Bonchev–Trinajstić information content (AvgIpc) is 3.04. The second kappa shape index (κ2) is 7.63. The van der Waals surface area contributed by atoms with Crippen LogP contribution in [0.3, 0.4) is 0 Å². The van der Waals surface area contributed by atoms with E-state index in [1.165, 1.54) is 11.6 Å². The van der Waals surface area contributed by atoms with E-state index in [0.717, 1.165) is 44.1 Å². The monoisotopic (exact) mass is 280 g/mol. The van der Waals surface area contributed by atoms with Gasteiger partial charge >= 0.3 is 5.97 Å². The van der Waals surface area contributed by atoms with Gasteiger partial charge in [0.25, 0.3) is 0 Å². The molecule has 1 saturated heterocycles. The zero-order chi connectivity index (χ0) is 15.2. The Balaban J connectivity index is 2.32. The highest BCUT2D eigenvalue weighted by atomic mass is 16.6. The van der Waals surface area contributed by atoms with E-state index < -0.39 is 5.97 Å². The van der Waals surface area contributed by atoms with Crippen LogP contribution in [0.4, 0.5) is 0 Å². The quantitative estimate of drug-likeness (QED) is 0.385. The molecule has 1 rings (SSSR count). The van der Waals surface area contributed by atoms with Crippen molar-refractivity contribution in [2.75, 3.05) is 0 Å². The van der Waals surface area contributed by atoms with Crippen molar-refractivity contribution >= 4 is 5.97 Å². The molecule has 2 atom stereocenters. The zero-order valence-electron chi connectivity index (χ0n) is 13.2. The van der Waals surface area contributed by atoms with E-state index >= 15 is 0 Å². The molecule has 1 N–H and O–H groups in total. The van der Waals surface area contributed by atoms with Crippen LogP contribution < -0.4 is 0 Å². The third-order valence-corrected chi connectivity index (χ3v) is 4.26. The lowest BCUT2D eigenvalue weighted by Gasteiger charge is -2.05. The first-order valence-corrected chi connectivity index (χ1v) is 7.67. The molecule has 2 unspecified atom stereocenters. The zero-order valence-corrected chi connectivity index (χ0v) is 13.2. The van der Waals surface area contributed by atoms with Crippen LogP contribution in [0, 0.1) is 0 Å². The highest BCUT2D eigenvalue weighted by Gasteiger charge is 2.49. The van der Waals surface area contributed by atoms with Crippen LogP contribution in [0.25, 0.3) is 0 Å². The van der Waals surface area contributed by atoms with E-state index in [-0.39, 0.29) is 5.60 Å². The van der Waals surface area contributed by atoms with Crippen LogP contribution in [0.5, 0.6) is 0 Å². The molecule has 0 aromatic rings. The highest BCUT2D eigenvalue weighted by Crippen LogP contribution is 2.42. The molecule has 3 heteroatoms. The number of carboxylic acid groups (broad SMARTS) is 1. The van der Waals surface area contributed by atoms with Crippen molar-refractivity contribution in [3.63, 3.8) is 0 Å². The second-order valence-electron chi connectivity index (χ2n) is 5.89. The van der Waals surface area contributed by atoms with Crippen molar-refractivity contribution in [1.29, 1.82) is 0 Å². The van der Waals surface area contributed by atoms with Crippen molar-refractivity contribution in [2.24, 2.45) is 0 Å². The van der Waals surface area contributed by atoms with Crippen molar-refractivity contribution in [3.05, 3.63) is 23.3 Å². The van der Waals surface area contributed by atoms with Gasteiger partial charge in [0.15, 0.2) is 0 Å². The molecule has 0 radical (unpaired) electrons. The van der Waals surface area contributed by atoms with Crippen molar-refractivity contribution in [3.8, 4) is 0 Å². The fourth-order valence-corrected chi connectivity index (χ4v) is 2.49. The fourth-order valence-electron chi connectivity index (χ4n) is 2.49. The van der Waals surface area contributed by atoms with Gasteiger partial charge in [0.1, 0.15) is 0 Å². The third kappa shape index (κ3) is 5.49. The molecule has 20 heavy (non-hydrogen) atoms. The standard InChI is InChI=1S/C17H28O3/c1-5-14(9-7-8-13(3)12-16(18)19)10-11-15-17(4,6-2)20-15/h9,12,15H,5-8,10-11H2,1-4H3,(H,18,19). The number of hydrogen-bond acceptors (Lipinski definition) is 2. The van der Waals surface area contributed by atoms with E-state index in [9.17, 15) is 4.79 Å². The molecule has 0 aromatic carbocycles. The summed E-state index contributed by atoms with van der Waals surface area (Å²) in [6, 6.07) is 0. The summed E-state index contributed by atoms with van der Waals surface area (Å²) in [6.07, 6.45) is 10.1. The number of ether oxygens (including phenoxy) is 1. The van der Waals surface area contributed by atoms with E-state index in [4.69, 9.17) is 9.84 Å². The van der Waals surface area contributed by atoms with Gasteiger partial charge in [-0.3, -0.25) is 0 Å². The minimum absolute atomic E-state index is 0.125. The first-order chi connectivity index (χ1) is 9.41. The van der Waals surface area contributed by atoms with Gasteiger partial charge in [0.05, 0.1) is 11.7 Å². The largest absolute Gasteiger partial charge is 0.478 e. The number of hydrogen-bond donors (Lipinski definition) is 1. The van der Waals surface area contributed by atoms with Crippen LogP contribution in [-0.4, -0.2) is 22.8 Å². The summed E-state index contributed by atoms with van der Waals surface area (Å²) >= 11 is 0. The summed E-state index contributed by atoms with van der Waals surface area (Å²) in [7, 11) is 0. The van der Waals surface area contributed by atoms with Gasteiger partial charge in [-0.25, -0.2) is 4.79 Å². The Labute approximate surface area is 122 Å². The van der Waals surface area contributed by atoms with E-state index in [0.29, 0.717) is 6.10 Å². The van der Waals surface area contributed by atoms with E-state index in [1.807, 2.05) is 6.92 Å². The summed E-state index contributed by atoms with van der Waals surface area (Å²) < 4.78 is 5.73. The molecule has 1 fully saturated rings. The number of carbonyl (C=O) groups is 1. The number of aliphatic carboxylic acids is 1. The Bertz CT molecular complexity index is 395. The Morgan fingerprint density at radius 2 is 2.05 bits per heavy atom. The highest BCUT2D eigenvalue weighted by molar-refractivity contribution is 5.80. The molecule has 0 saturated carbocycles. The summed E-state index contributed by atoms with van der Waals surface area (Å²) in [5, 5.41) is 8.66. The maximum atomic E-state index is 10.5. The molecular weight excluding hydrogens is 252 g/mol. The first kappa shape index (κ1) is 17.0. The number of allylic oxidation sites excluding steroid dienone is 3. The van der Waals surface area contributed by atoms with Crippen LogP contribution >= 0.6 is 0 Å². The van der Waals surface area contributed by atoms with Crippen molar-refractivity contribution < 1.29 is 14.6 Å². The Hall–Kier alpha value is -1.09. The summed E-state index contributed by atoms with van der Waals surface area (Å²) in [4.78, 5) is 10.5. The van der Waals surface area contributed by atoms with Gasteiger partial charge in [0, 0.05) is 6.08 Å². The molecule has 0 aliphatic carbocycles. The maximum absolute atomic E-state index is 10.5. The predicted octanol–water partition coefficient (Wildman–Crippen LogP) is 4.48. The Kier molecular flexibility index (Phi) is 6.47. The van der Waals surface area contributed by atoms with Crippen LogP contribution in [0.1, 0.15) is 66.2 Å². The molecule has 0 aromatic heterocycles. The predicted molar refractivity (Wildman–Crippen MR) is 81.8 cm³/mol. The average molecular weight is 280 g/mol. The molecule has 0 amide bonds. The topological polar surface area (TPSA) is 49.8 Å². The SMILES string of the molecule is CCC(=CCCC(C)=CC(=O)O)CCC1OC1(C)CC. The van der Waals surface area contributed by atoms with Crippen LogP contribution in [0.2, 0.25) is 0 Å². The van der Waals surface area contributed by atoms with Gasteiger partial charge in [0.2, 0.25) is 0 Å². The van der Waals surface area contributed by atoms with E-state index in [1.54, 1.807) is 0 Å². The third-order valence-electron chi connectivity index (χ3n) is 4.26. The number of rotatable bonds is 9. The summed E-state index contributed by atoms with van der Waals surface area (Å²) in [5.74, 6) is -0.855. The Morgan fingerprint density at radius 1 is 1.35 bits per heavy atom. The molecule has 1 aliphatic heterocycles. The number of epoxide rings is 1. The number of carboxylic acids is 1. The molecular formula is C17H28O3.